The van der Waals surface area contributed by atoms with Gasteiger partial charge in [0.1, 0.15) is 0 Å². The minimum atomic E-state index is -0.168. The molecule has 1 fully saturated rings. The van der Waals surface area contributed by atoms with E-state index in [1.54, 1.807) is 47.3 Å². The van der Waals surface area contributed by atoms with Crippen LogP contribution in [0.3, 0.4) is 0 Å². The molecule has 1 saturated carbocycles. The highest BCUT2D eigenvalue weighted by Crippen LogP contribution is 2.31. The van der Waals surface area contributed by atoms with E-state index < -0.39 is 0 Å². The summed E-state index contributed by atoms with van der Waals surface area (Å²) in [4.78, 5) is 36.3. The normalized spacial score (nSPS) is 19.4. The Labute approximate surface area is 173 Å². The molecular weight excluding hydrogens is 382 g/mol. The largest absolute Gasteiger partial charge is 0.392 e. The number of aliphatic hydroxyl groups is 1. The number of carbonyl (C=O) groups is 1. The van der Waals surface area contributed by atoms with Crippen molar-refractivity contribution in [1.82, 2.24) is 19.5 Å². The molecule has 3 heterocycles. The van der Waals surface area contributed by atoms with Gasteiger partial charge in [0.25, 0.3) is 0 Å². The molecule has 156 valence electrons. The van der Waals surface area contributed by atoms with Gasteiger partial charge in [-0.3, -0.25) is 14.3 Å². The smallest absolute Gasteiger partial charge is 0.327 e. The lowest BCUT2D eigenvalue weighted by Crippen LogP contribution is -2.30. The number of aromatic amines is 1. The van der Waals surface area contributed by atoms with Gasteiger partial charge in [0, 0.05) is 30.5 Å². The molecule has 3 aromatic rings. The average molecular weight is 407 g/mol. The van der Waals surface area contributed by atoms with Gasteiger partial charge in [0.2, 0.25) is 5.91 Å². The molecule has 0 aromatic carbocycles. The van der Waals surface area contributed by atoms with Crippen molar-refractivity contribution >= 4 is 28.8 Å². The van der Waals surface area contributed by atoms with Crippen LogP contribution in [0.1, 0.15) is 31.4 Å². The lowest BCUT2D eigenvalue weighted by Gasteiger charge is -2.27. The van der Waals surface area contributed by atoms with Crippen molar-refractivity contribution in [1.29, 1.82) is 0 Å². The Morgan fingerprint density at radius 2 is 1.97 bits per heavy atom. The van der Waals surface area contributed by atoms with Gasteiger partial charge in [0.15, 0.2) is 5.65 Å². The maximum Gasteiger partial charge on any atom is 0.327 e. The summed E-state index contributed by atoms with van der Waals surface area (Å²) in [5.41, 5.74) is 2.61. The Balaban J connectivity index is 1.40. The van der Waals surface area contributed by atoms with E-state index in [0.29, 0.717) is 29.3 Å². The Morgan fingerprint density at radius 3 is 2.70 bits per heavy atom. The van der Waals surface area contributed by atoms with Gasteiger partial charge in [0.05, 0.1) is 17.8 Å². The third kappa shape index (κ3) is 4.49. The van der Waals surface area contributed by atoms with Crippen molar-refractivity contribution in [2.24, 2.45) is 11.8 Å². The summed E-state index contributed by atoms with van der Waals surface area (Å²) in [5.74, 6) is 0.360. The summed E-state index contributed by atoms with van der Waals surface area (Å²) < 4.78 is 1.69. The average Bonchev–Trinajstić information content (AvgIpc) is 3.08. The molecule has 0 radical (unpaired) electrons. The summed E-state index contributed by atoms with van der Waals surface area (Å²) >= 11 is 0. The molecule has 30 heavy (non-hydrogen) atoms. The zero-order valence-electron chi connectivity index (χ0n) is 16.6. The molecular formula is C22H25N5O3. The van der Waals surface area contributed by atoms with Crippen molar-refractivity contribution in [3.8, 4) is 0 Å². The van der Waals surface area contributed by atoms with Crippen LogP contribution in [-0.2, 0) is 11.3 Å². The number of aliphatic hydroxyl groups excluding tert-OH is 1. The Hall–Kier alpha value is -3.26. The lowest BCUT2D eigenvalue weighted by atomic mass is 9.81. The highest BCUT2D eigenvalue weighted by molar-refractivity contribution is 5.92. The Kier molecular flexibility index (Phi) is 6.04. The number of hydrogen-bond acceptors (Lipinski definition) is 5. The fourth-order valence-electron chi connectivity index (χ4n) is 4.03. The minimum absolute atomic E-state index is 0.0116. The molecule has 8 nitrogen and oxygen atoms in total. The predicted molar refractivity (Wildman–Crippen MR) is 115 cm³/mol. The van der Waals surface area contributed by atoms with Crippen LogP contribution in [0.15, 0.2) is 47.5 Å². The van der Waals surface area contributed by atoms with E-state index in [4.69, 9.17) is 5.11 Å². The van der Waals surface area contributed by atoms with E-state index >= 15 is 0 Å². The highest BCUT2D eigenvalue weighted by Gasteiger charge is 2.27. The molecule has 0 bridgehead atoms. The standard InChI is InChI=1S/C22H25N5O3/c28-13-1-2-17-7-8-19-20(24-17)27(22(30)26-19)14-15-3-5-16(6-4-15)21(29)25-18-9-11-23-12-10-18/h1-2,7-12,15-16,28H,3-6,13-14H2,(H,26,30)(H,23,25,29)/b2-1+. The number of amides is 1. The maximum atomic E-state index is 12.5. The summed E-state index contributed by atoms with van der Waals surface area (Å²) in [5, 5.41) is 11.9. The van der Waals surface area contributed by atoms with Crippen LogP contribution in [0, 0.1) is 11.8 Å². The van der Waals surface area contributed by atoms with Gasteiger partial charge in [-0.25, -0.2) is 9.78 Å². The molecule has 0 unspecified atom stereocenters. The number of imidazole rings is 1. The van der Waals surface area contributed by atoms with Crippen LogP contribution in [-0.4, -0.2) is 37.1 Å². The van der Waals surface area contributed by atoms with Crippen LogP contribution >= 0.6 is 0 Å². The molecule has 1 aliphatic carbocycles. The number of rotatable bonds is 6. The third-order valence-corrected chi connectivity index (χ3v) is 5.64. The summed E-state index contributed by atoms with van der Waals surface area (Å²) in [7, 11) is 0. The van der Waals surface area contributed by atoms with Crippen molar-refractivity contribution < 1.29 is 9.90 Å². The van der Waals surface area contributed by atoms with Crippen LogP contribution < -0.4 is 11.0 Å². The van der Waals surface area contributed by atoms with E-state index in [1.165, 1.54) is 0 Å². The quantitative estimate of drug-likeness (QED) is 0.581. The number of H-pyrrole nitrogens is 1. The summed E-state index contributed by atoms with van der Waals surface area (Å²) in [6.45, 7) is 0.523. The fraction of sp³-hybridized carbons (Fsp3) is 0.364. The first-order valence-electron chi connectivity index (χ1n) is 10.2. The molecule has 4 rings (SSSR count). The predicted octanol–water partition coefficient (Wildman–Crippen LogP) is 2.57. The number of carbonyl (C=O) groups excluding carboxylic acids is 1. The van der Waals surface area contributed by atoms with Gasteiger partial charge >= 0.3 is 5.69 Å². The number of fused-ring (bicyclic) bond motifs is 1. The summed E-state index contributed by atoms with van der Waals surface area (Å²) in [6.07, 6.45) is 10.0. The molecule has 1 amide bonds. The van der Waals surface area contributed by atoms with Crippen molar-refractivity contribution in [2.45, 2.75) is 32.2 Å². The van der Waals surface area contributed by atoms with Crippen molar-refractivity contribution in [3.05, 3.63) is 58.9 Å². The number of nitrogens with one attached hydrogen (secondary N) is 2. The van der Waals surface area contributed by atoms with Gasteiger partial charge in [-0.15, -0.1) is 0 Å². The molecule has 3 aromatic heterocycles. The number of nitrogens with zero attached hydrogens (tertiary/aromatic N) is 3. The van der Waals surface area contributed by atoms with Gasteiger partial charge in [-0.05, 0) is 61.9 Å². The molecule has 3 N–H and O–H groups in total. The van der Waals surface area contributed by atoms with Crippen molar-refractivity contribution in [2.75, 3.05) is 11.9 Å². The van der Waals surface area contributed by atoms with E-state index in [9.17, 15) is 9.59 Å². The van der Waals surface area contributed by atoms with Gasteiger partial charge < -0.3 is 15.4 Å². The molecule has 8 heteroatoms. The second-order valence-electron chi connectivity index (χ2n) is 7.68. The van der Waals surface area contributed by atoms with Crippen LogP contribution in [0.25, 0.3) is 17.2 Å². The number of aromatic nitrogens is 4. The van der Waals surface area contributed by atoms with Gasteiger partial charge in [-0.1, -0.05) is 6.08 Å². The molecule has 0 saturated heterocycles. The number of pyridine rings is 2. The molecule has 0 spiro atoms. The minimum Gasteiger partial charge on any atom is -0.392 e. The van der Waals surface area contributed by atoms with E-state index in [0.717, 1.165) is 31.4 Å². The van der Waals surface area contributed by atoms with Gasteiger partial charge in [-0.2, -0.15) is 0 Å². The third-order valence-electron chi connectivity index (χ3n) is 5.64. The van der Waals surface area contributed by atoms with Crippen LogP contribution in [0.5, 0.6) is 0 Å². The van der Waals surface area contributed by atoms with E-state index in [1.807, 2.05) is 6.07 Å². The number of anilines is 1. The lowest BCUT2D eigenvalue weighted by molar-refractivity contribution is -0.121. The fourth-order valence-corrected chi connectivity index (χ4v) is 4.03. The maximum absolute atomic E-state index is 12.5. The van der Waals surface area contributed by atoms with Crippen LogP contribution in [0.4, 0.5) is 5.69 Å². The molecule has 1 aliphatic rings. The molecule has 0 aliphatic heterocycles. The monoisotopic (exact) mass is 407 g/mol. The van der Waals surface area contributed by atoms with Crippen molar-refractivity contribution in [3.63, 3.8) is 0 Å². The second kappa shape index (κ2) is 9.04. The second-order valence-corrected chi connectivity index (χ2v) is 7.68. The Morgan fingerprint density at radius 1 is 1.20 bits per heavy atom. The highest BCUT2D eigenvalue weighted by atomic mass is 16.2. The topological polar surface area (TPSA) is 113 Å². The SMILES string of the molecule is O=C(Nc1ccncc1)C1CCC(Cn2c(=O)[nH]c3ccc(/C=C/CO)nc32)CC1. The zero-order valence-corrected chi connectivity index (χ0v) is 16.6. The first-order chi connectivity index (χ1) is 14.6. The number of hydrogen-bond donors (Lipinski definition) is 3. The van der Waals surface area contributed by atoms with E-state index in [2.05, 4.69) is 20.3 Å². The Bertz CT molecular complexity index is 1090. The van der Waals surface area contributed by atoms with E-state index in [-0.39, 0.29) is 24.1 Å². The van der Waals surface area contributed by atoms with Crippen LogP contribution in [0.2, 0.25) is 0 Å². The first-order valence-corrected chi connectivity index (χ1v) is 10.2. The first kappa shape index (κ1) is 20.0. The molecule has 0 atom stereocenters. The summed E-state index contributed by atoms with van der Waals surface area (Å²) in [6, 6.07) is 7.20. The zero-order chi connectivity index (χ0) is 20.9.